The minimum absolute atomic E-state index is 0.175. The lowest BCUT2D eigenvalue weighted by Gasteiger charge is -2.01. The maximum absolute atomic E-state index is 12.2. The number of halogens is 1. The topological polar surface area (TPSA) is 54.9 Å². The van der Waals surface area contributed by atoms with Crippen molar-refractivity contribution in [2.45, 2.75) is 13.3 Å². The summed E-state index contributed by atoms with van der Waals surface area (Å²) < 4.78 is 1.03. The molecule has 0 saturated heterocycles. The molecule has 6 heteroatoms. The number of hydrogen-bond acceptors (Lipinski definition) is 4. The lowest BCUT2D eigenvalue weighted by Crippen LogP contribution is -2.11. The summed E-state index contributed by atoms with van der Waals surface area (Å²) in [6.45, 7) is 2.09. The van der Waals surface area contributed by atoms with Gasteiger partial charge in [0.25, 0.3) is 5.91 Å². The van der Waals surface area contributed by atoms with Crippen molar-refractivity contribution in [3.05, 3.63) is 63.7 Å². The minimum atomic E-state index is -0.175. The molecule has 0 atom stereocenters. The van der Waals surface area contributed by atoms with Crippen LogP contribution < -0.4 is 5.32 Å². The molecular weight excluding hydrogens is 374 g/mol. The number of rotatable bonds is 4. The van der Waals surface area contributed by atoms with Crippen LogP contribution in [0.15, 0.2) is 53.3 Å². The van der Waals surface area contributed by atoms with Gasteiger partial charge in [-0.1, -0.05) is 35.0 Å². The van der Waals surface area contributed by atoms with Crippen molar-refractivity contribution in [3.8, 4) is 11.3 Å². The number of thiazole rings is 1. The number of aromatic nitrogens is 2. The standard InChI is InChI=1S/C17H14BrN3OS/c1-2-14-15(11-3-5-13(18)6-4-11)20-17(23-14)21-16(22)12-7-9-19-10-8-12/h3-10H,2H2,1H3,(H,20,21,22). The molecule has 0 aliphatic heterocycles. The molecule has 3 aromatic rings. The average molecular weight is 388 g/mol. The Kier molecular flexibility index (Phi) is 4.83. The zero-order valence-corrected chi connectivity index (χ0v) is 14.8. The van der Waals surface area contributed by atoms with Crippen molar-refractivity contribution in [1.29, 1.82) is 0 Å². The van der Waals surface area contributed by atoms with Crippen LogP contribution in [0.4, 0.5) is 5.13 Å². The van der Waals surface area contributed by atoms with Crippen LogP contribution in [0.3, 0.4) is 0 Å². The van der Waals surface area contributed by atoms with Gasteiger partial charge in [0.05, 0.1) is 5.69 Å². The van der Waals surface area contributed by atoms with Crippen molar-refractivity contribution in [3.63, 3.8) is 0 Å². The molecule has 0 radical (unpaired) electrons. The van der Waals surface area contributed by atoms with Gasteiger partial charge in [0.2, 0.25) is 0 Å². The monoisotopic (exact) mass is 387 g/mol. The molecular formula is C17H14BrN3OS. The molecule has 0 unspecified atom stereocenters. The van der Waals surface area contributed by atoms with Crippen molar-refractivity contribution < 1.29 is 4.79 Å². The first kappa shape index (κ1) is 15.8. The van der Waals surface area contributed by atoms with Crippen LogP contribution in [0.5, 0.6) is 0 Å². The summed E-state index contributed by atoms with van der Waals surface area (Å²) in [5.74, 6) is -0.175. The Hall–Kier alpha value is -2.05. The lowest BCUT2D eigenvalue weighted by molar-refractivity contribution is 0.102. The van der Waals surface area contributed by atoms with Gasteiger partial charge in [0.1, 0.15) is 0 Å². The molecule has 2 aromatic heterocycles. The second-order valence-electron chi connectivity index (χ2n) is 4.84. The summed E-state index contributed by atoms with van der Waals surface area (Å²) >= 11 is 4.95. The van der Waals surface area contributed by atoms with Gasteiger partial charge in [-0.2, -0.15) is 0 Å². The van der Waals surface area contributed by atoms with E-state index in [9.17, 15) is 4.79 Å². The second-order valence-corrected chi connectivity index (χ2v) is 6.84. The highest BCUT2D eigenvalue weighted by molar-refractivity contribution is 9.10. The van der Waals surface area contributed by atoms with Gasteiger partial charge in [-0.15, -0.1) is 11.3 Å². The first-order valence-corrected chi connectivity index (χ1v) is 8.75. The van der Waals surface area contributed by atoms with Gasteiger partial charge in [-0.3, -0.25) is 15.1 Å². The summed E-state index contributed by atoms with van der Waals surface area (Å²) in [5, 5.41) is 3.48. The molecule has 23 heavy (non-hydrogen) atoms. The first-order valence-electron chi connectivity index (χ1n) is 7.14. The van der Waals surface area contributed by atoms with E-state index in [1.807, 2.05) is 24.3 Å². The molecule has 1 amide bonds. The molecule has 0 spiro atoms. The maximum atomic E-state index is 12.2. The zero-order valence-electron chi connectivity index (χ0n) is 12.4. The van der Waals surface area contributed by atoms with Crippen molar-refractivity contribution in [2.24, 2.45) is 0 Å². The molecule has 0 aliphatic rings. The van der Waals surface area contributed by atoms with E-state index in [1.54, 1.807) is 24.5 Å². The van der Waals surface area contributed by atoms with E-state index < -0.39 is 0 Å². The van der Waals surface area contributed by atoms with E-state index in [4.69, 9.17) is 0 Å². The minimum Gasteiger partial charge on any atom is -0.298 e. The number of anilines is 1. The largest absolute Gasteiger partial charge is 0.298 e. The van der Waals surface area contributed by atoms with Crippen LogP contribution in [0.25, 0.3) is 11.3 Å². The Morgan fingerprint density at radius 2 is 1.87 bits per heavy atom. The van der Waals surface area contributed by atoms with Crippen LogP contribution in [-0.2, 0) is 6.42 Å². The quantitative estimate of drug-likeness (QED) is 0.700. The smallest absolute Gasteiger partial charge is 0.257 e. The molecule has 1 N–H and O–H groups in total. The molecule has 0 saturated carbocycles. The molecule has 3 rings (SSSR count). The highest BCUT2D eigenvalue weighted by Crippen LogP contribution is 2.32. The second kappa shape index (κ2) is 7.02. The zero-order chi connectivity index (χ0) is 16.2. The van der Waals surface area contributed by atoms with Gasteiger partial charge in [-0.05, 0) is 30.7 Å². The van der Waals surface area contributed by atoms with Crippen LogP contribution in [-0.4, -0.2) is 15.9 Å². The predicted molar refractivity (Wildman–Crippen MR) is 96.8 cm³/mol. The van der Waals surface area contributed by atoms with E-state index in [-0.39, 0.29) is 5.91 Å². The number of aryl methyl sites for hydroxylation is 1. The number of carbonyl (C=O) groups is 1. The fraction of sp³-hybridized carbons (Fsp3) is 0.118. The summed E-state index contributed by atoms with van der Waals surface area (Å²) in [7, 11) is 0. The molecule has 2 heterocycles. The maximum Gasteiger partial charge on any atom is 0.257 e. The Balaban J connectivity index is 1.87. The van der Waals surface area contributed by atoms with Gasteiger partial charge in [0, 0.05) is 32.9 Å². The van der Waals surface area contributed by atoms with E-state index >= 15 is 0 Å². The van der Waals surface area contributed by atoms with E-state index in [0.29, 0.717) is 10.7 Å². The van der Waals surface area contributed by atoms with Crippen LogP contribution in [0.2, 0.25) is 0 Å². The number of carbonyl (C=O) groups excluding carboxylic acids is 1. The summed E-state index contributed by atoms with van der Waals surface area (Å²) in [6, 6.07) is 11.4. The number of nitrogens with one attached hydrogen (secondary N) is 1. The average Bonchev–Trinajstić information content (AvgIpc) is 2.99. The fourth-order valence-electron chi connectivity index (χ4n) is 2.15. The number of benzene rings is 1. The molecule has 0 fully saturated rings. The van der Waals surface area contributed by atoms with Crippen LogP contribution in [0, 0.1) is 0 Å². The Labute approximate surface area is 146 Å². The molecule has 0 aliphatic carbocycles. The fourth-order valence-corrected chi connectivity index (χ4v) is 3.33. The van der Waals surface area contributed by atoms with Gasteiger partial charge >= 0.3 is 0 Å². The van der Waals surface area contributed by atoms with E-state index in [2.05, 4.69) is 38.1 Å². The number of nitrogens with zero attached hydrogens (tertiary/aromatic N) is 2. The third-order valence-corrected chi connectivity index (χ3v) is 4.94. The molecule has 4 nitrogen and oxygen atoms in total. The Morgan fingerprint density at radius 3 is 2.52 bits per heavy atom. The van der Waals surface area contributed by atoms with E-state index in [0.717, 1.165) is 27.0 Å². The van der Waals surface area contributed by atoms with Crippen molar-refractivity contribution in [2.75, 3.05) is 5.32 Å². The van der Waals surface area contributed by atoms with Crippen molar-refractivity contribution in [1.82, 2.24) is 9.97 Å². The normalized spacial score (nSPS) is 10.5. The van der Waals surface area contributed by atoms with E-state index in [1.165, 1.54) is 11.3 Å². The Bertz CT molecular complexity index is 816. The van der Waals surface area contributed by atoms with Crippen LogP contribution >= 0.6 is 27.3 Å². The number of pyridine rings is 1. The third kappa shape index (κ3) is 3.65. The Morgan fingerprint density at radius 1 is 1.17 bits per heavy atom. The first-order chi connectivity index (χ1) is 11.2. The SMILES string of the molecule is CCc1sc(NC(=O)c2ccncc2)nc1-c1ccc(Br)cc1. The molecule has 0 bridgehead atoms. The highest BCUT2D eigenvalue weighted by Gasteiger charge is 2.14. The summed E-state index contributed by atoms with van der Waals surface area (Å²) in [5.41, 5.74) is 2.54. The number of hydrogen-bond donors (Lipinski definition) is 1. The highest BCUT2D eigenvalue weighted by atomic mass is 79.9. The third-order valence-electron chi connectivity index (χ3n) is 3.30. The molecule has 116 valence electrons. The summed E-state index contributed by atoms with van der Waals surface area (Å²) in [6.07, 6.45) is 4.07. The van der Waals surface area contributed by atoms with Gasteiger partial charge < -0.3 is 0 Å². The summed E-state index contributed by atoms with van der Waals surface area (Å²) in [4.78, 5) is 21.9. The van der Waals surface area contributed by atoms with Crippen LogP contribution in [0.1, 0.15) is 22.2 Å². The predicted octanol–water partition coefficient (Wildman–Crippen LogP) is 4.78. The van der Waals surface area contributed by atoms with Crippen molar-refractivity contribution >= 4 is 38.3 Å². The van der Waals surface area contributed by atoms with Gasteiger partial charge in [0.15, 0.2) is 5.13 Å². The number of amides is 1. The lowest BCUT2D eigenvalue weighted by atomic mass is 10.1. The van der Waals surface area contributed by atoms with Gasteiger partial charge in [-0.25, -0.2) is 4.98 Å². The molecule has 1 aromatic carbocycles.